The quantitative estimate of drug-likeness (QED) is 0.516. The van der Waals surface area contributed by atoms with E-state index in [2.05, 4.69) is 0 Å². The molecule has 0 fully saturated rings. The molecule has 0 aliphatic heterocycles. The van der Waals surface area contributed by atoms with Crippen LogP contribution in [-0.4, -0.2) is 25.3 Å². The Balaban J connectivity index is 2.57. The Hall–Kier alpha value is -1.25. The van der Waals surface area contributed by atoms with E-state index in [0.717, 1.165) is 12.0 Å². The average molecular weight is 297 g/mol. The van der Waals surface area contributed by atoms with Crippen LogP contribution in [0.25, 0.3) is 0 Å². The lowest BCUT2D eigenvalue weighted by Gasteiger charge is -2.10. The lowest BCUT2D eigenvalue weighted by atomic mass is 10.0. The normalized spacial score (nSPS) is 12.8. The van der Waals surface area contributed by atoms with E-state index < -0.39 is 8.03 Å². The molecular weight excluding hydrogens is 275 g/mol. The third-order valence-electron chi connectivity index (χ3n) is 2.89. The summed E-state index contributed by atoms with van der Waals surface area (Å²) in [6, 6.07) is 9.93. The molecule has 1 aromatic carbocycles. The molecule has 1 aromatic rings. The predicted octanol–water partition coefficient (Wildman–Crippen LogP) is 3.58. The molecule has 0 aromatic heterocycles. The molecule has 0 saturated heterocycles. The van der Waals surface area contributed by atoms with Gasteiger partial charge in [-0.05, 0) is 36.8 Å². The molecule has 5 heteroatoms. The molecule has 2 unspecified atom stereocenters. The summed E-state index contributed by atoms with van der Waals surface area (Å²) in [5.74, 6) is -0.656. The Morgan fingerprint density at radius 3 is 2.50 bits per heavy atom. The number of benzene rings is 1. The number of rotatable bonds is 9. The van der Waals surface area contributed by atoms with Gasteiger partial charge < -0.3 is 4.74 Å². The number of esters is 1. The molecule has 110 valence electrons. The van der Waals surface area contributed by atoms with Crippen LogP contribution >= 0.6 is 8.03 Å². The van der Waals surface area contributed by atoms with E-state index in [-0.39, 0.29) is 18.0 Å². The third-order valence-corrected chi connectivity index (χ3v) is 4.17. The van der Waals surface area contributed by atoms with Crippen LogP contribution in [0.5, 0.6) is 0 Å². The van der Waals surface area contributed by atoms with Crippen LogP contribution in [-0.2, 0) is 25.0 Å². The summed E-state index contributed by atoms with van der Waals surface area (Å²) in [6.07, 6.45) is 1.62. The number of aryl methyl sites for hydroxylation is 1. The first-order chi connectivity index (χ1) is 9.67. The fourth-order valence-corrected chi connectivity index (χ4v) is 2.99. The van der Waals surface area contributed by atoms with E-state index in [1.807, 2.05) is 30.3 Å². The van der Waals surface area contributed by atoms with Crippen molar-refractivity contribution in [1.29, 1.82) is 0 Å². The summed E-state index contributed by atoms with van der Waals surface area (Å²) in [5.41, 5.74) is 1.16. The Morgan fingerprint density at radius 2 is 1.90 bits per heavy atom. The van der Waals surface area contributed by atoms with Crippen molar-refractivity contribution in [1.82, 2.24) is 0 Å². The van der Waals surface area contributed by atoms with Crippen molar-refractivity contribution in [3.05, 3.63) is 35.9 Å². The molecule has 0 N–H and O–H groups in total. The van der Waals surface area contributed by atoms with Gasteiger partial charge in [0.15, 0.2) is 6.16 Å². The van der Waals surface area contributed by atoms with Gasteiger partial charge in [0.2, 0.25) is 0 Å². The van der Waals surface area contributed by atoms with Gasteiger partial charge in [0, 0.05) is 0 Å². The number of hydrogen-bond acceptors (Lipinski definition) is 4. The molecular formula is C15H22O4P+. The minimum atomic E-state index is -1.79. The molecule has 0 heterocycles. The maximum atomic E-state index is 11.9. The Kier molecular flexibility index (Phi) is 8.08. The van der Waals surface area contributed by atoms with Gasteiger partial charge in [0.05, 0.1) is 13.2 Å². The van der Waals surface area contributed by atoms with E-state index in [1.165, 1.54) is 0 Å². The summed E-state index contributed by atoms with van der Waals surface area (Å²) in [5, 5.41) is 0. The van der Waals surface area contributed by atoms with Crippen molar-refractivity contribution in [3.8, 4) is 0 Å². The smallest absolute Gasteiger partial charge is 0.466 e. The van der Waals surface area contributed by atoms with Crippen molar-refractivity contribution in [2.45, 2.75) is 26.7 Å². The molecule has 0 amide bonds. The molecule has 20 heavy (non-hydrogen) atoms. The first kappa shape index (κ1) is 16.8. The summed E-state index contributed by atoms with van der Waals surface area (Å²) >= 11 is 0. The number of ether oxygens (including phenoxy) is 1. The number of hydrogen-bond donors (Lipinski definition) is 0. The van der Waals surface area contributed by atoms with Gasteiger partial charge in [-0.25, -0.2) is 0 Å². The van der Waals surface area contributed by atoms with Crippen LogP contribution in [0.2, 0.25) is 0 Å². The molecule has 0 spiro atoms. The van der Waals surface area contributed by atoms with Gasteiger partial charge >= 0.3 is 14.0 Å². The van der Waals surface area contributed by atoms with E-state index >= 15 is 0 Å². The van der Waals surface area contributed by atoms with Gasteiger partial charge in [-0.15, -0.1) is 4.52 Å². The Labute approximate surface area is 121 Å². The maximum Gasteiger partial charge on any atom is 0.508 e. The summed E-state index contributed by atoms with van der Waals surface area (Å²) < 4.78 is 21.8. The zero-order chi connectivity index (χ0) is 14.8. The highest BCUT2D eigenvalue weighted by molar-refractivity contribution is 7.39. The van der Waals surface area contributed by atoms with Gasteiger partial charge in [-0.1, -0.05) is 30.3 Å². The first-order valence-corrected chi connectivity index (χ1v) is 8.31. The highest BCUT2D eigenvalue weighted by Gasteiger charge is 2.31. The zero-order valence-electron chi connectivity index (χ0n) is 12.1. The fourth-order valence-electron chi connectivity index (χ4n) is 1.91. The number of carbonyl (C=O) groups excluding carboxylic acids is 1. The second-order valence-electron chi connectivity index (χ2n) is 4.41. The summed E-state index contributed by atoms with van der Waals surface area (Å²) in [4.78, 5) is 11.9. The highest BCUT2D eigenvalue weighted by atomic mass is 31.1. The van der Waals surface area contributed by atoms with Crippen molar-refractivity contribution >= 4 is 14.0 Å². The van der Waals surface area contributed by atoms with Crippen LogP contribution in [0.3, 0.4) is 0 Å². The minimum Gasteiger partial charge on any atom is -0.466 e. The molecule has 0 radical (unpaired) electrons. The molecule has 0 saturated carbocycles. The minimum absolute atomic E-state index is 0.231. The van der Waals surface area contributed by atoms with E-state index in [9.17, 15) is 9.36 Å². The third kappa shape index (κ3) is 6.27. The van der Waals surface area contributed by atoms with Crippen molar-refractivity contribution < 1.29 is 18.6 Å². The van der Waals surface area contributed by atoms with Crippen LogP contribution in [0, 0.1) is 5.92 Å². The van der Waals surface area contributed by atoms with E-state index in [1.54, 1.807) is 13.8 Å². The van der Waals surface area contributed by atoms with Gasteiger partial charge in [-0.2, -0.15) is 0 Å². The van der Waals surface area contributed by atoms with Gasteiger partial charge in [0.25, 0.3) is 0 Å². The zero-order valence-corrected chi connectivity index (χ0v) is 13.0. The van der Waals surface area contributed by atoms with Crippen LogP contribution in [0.4, 0.5) is 0 Å². The largest absolute Gasteiger partial charge is 0.508 e. The van der Waals surface area contributed by atoms with Crippen LogP contribution < -0.4 is 0 Å². The van der Waals surface area contributed by atoms with Crippen LogP contribution in [0.15, 0.2) is 30.3 Å². The van der Waals surface area contributed by atoms with Crippen molar-refractivity contribution in [2.24, 2.45) is 5.92 Å². The van der Waals surface area contributed by atoms with Crippen LogP contribution in [0.1, 0.15) is 25.8 Å². The van der Waals surface area contributed by atoms with Gasteiger partial charge in [-0.3, -0.25) is 4.79 Å². The predicted molar refractivity (Wildman–Crippen MR) is 79.0 cm³/mol. The van der Waals surface area contributed by atoms with E-state index in [0.29, 0.717) is 19.6 Å². The van der Waals surface area contributed by atoms with Crippen molar-refractivity contribution in [3.63, 3.8) is 0 Å². The second-order valence-corrected chi connectivity index (χ2v) is 5.70. The van der Waals surface area contributed by atoms with Crippen molar-refractivity contribution in [2.75, 3.05) is 19.4 Å². The summed E-state index contributed by atoms with van der Waals surface area (Å²) in [6.45, 7) is 4.29. The standard InChI is InChI=1S/C15H22O4P/c1-3-18-15(16)14(12-20(17)19-4-2)11-10-13-8-6-5-7-9-13/h5-9,14H,3-4,10-12H2,1-2H3/q+1. The monoisotopic (exact) mass is 297 g/mol. The van der Waals surface area contributed by atoms with Gasteiger partial charge in [0.1, 0.15) is 5.92 Å². The molecule has 0 aliphatic rings. The Bertz CT molecular complexity index is 419. The number of carbonyl (C=O) groups is 1. The second kappa shape index (κ2) is 9.62. The molecule has 2 atom stereocenters. The highest BCUT2D eigenvalue weighted by Crippen LogP contribution is 2.28. The molecule has 0 aliphatic carbocycles. The average Bonchev–Trinajstić information content (AvgIpc) is 2.45. The fraction of sp³-hybridized carbons (Fsp3) is 0.533. The maximum absolute atomic E-state index is 11.9. The lowest BCUT2D eigenvalue weighted by Crippen LogP contribution is -2.21. The molecule has 1 rings (SSSR count). The topological polar surface area (TPSA) is 52.6 Å². The Morgan fingerprint density at radius 1 is 1.20 bits per heavy atom. The summed E-state index contributed by atoms with van der Waals surface area (Å²) in [7, 11) is -1.79. The van der Waals surface area contributed by atoms with E-state index in [4.69, 9.17) is 9.26 Å². The molecule has 4 nitrogen and oxygen atoms in total. The SMILES string of the molecule is CCOC(=O)C(CCc1ccccc1)C[P+](=O)OCC. The first-order valence-electron chi connectivity index (χ1n) is 6.95. The molecule has 0 bridgehead atoms. The lowest BCUT2D eigenvalue weighted by molar-refractivity contribution is -0.147.